The minimum Gasteiger partial charge on any atom is -0.507 e. The average molecular weight is 767 g/mol. The second-order valence-corrected chi connectivity index (χ2v) is 17.4. The largest absolute Gasteiger partial charge is 0.507 e. The Hall–Kier alpha value is -4.86. The number of benzene rings is 1. The maximum Gasteiger partial charge on any atom is 0.254 e. The number of β-amino-alcohol motifs (C(OH)–C–C–N with tert-alkyl or cyclic N) is 1. The Morgan fingerprint density at radius 1 is 1.13 bits per heavy atom. The zero-order valence-electron chi connectivity index (χ0n) is 31.2. The number of amides is 2. The molecule has 2 amide bonds. The summed E-state index contributed by atoms with van der Waals surface area (Å²) in [5.74, 6) is -0.128. The number of para-hydroxylation sites is 1. The van der Waals surface area contributed by atoms with Gasteiger partial charge < -0.3 is 34.7 Å². The molecule has 10 rings (SSSR count). The maximum absolute atomic E-state index is 14.1. The number of phenols is 1. The lowest BCUT2D eigenvalue weighted by atomic mass is 9.34. The highest BCUT2D eigenvalue weighted by Gasteiger charge is 2.69. The van der Waals surface area contributed by atoms with E-state index in [4.69, 9.17) is 9.26 Å². The van der Waals surface area contributed by atoms with Crippen molar-refractivity contribution in [2.24, 2.45) is 11.3 Å². The van der Waals surface area contributed by atoms with Crippen LogP contribution in [-0.2, 0) is 15.0 Å². The van der Waals surface area contributed by atoms with E-state index < -0.39 is 18.1 Å². The summed E-state index contributed by atoms with van der Waals surface area (Å²) in [6.07, 6.45) is 2.58. The van der Waals surface area contributed by atoms with Crippen molar-refractivity contribution in [1.82, 2.24) is 40.4 Å². The van der Waals surface area contributed by atoms with Crippen LogP contribution >= 0.6 is 11.3 Å². The highest BCUT2D eigenvalue weighted by Crippen LogP contribution is 2.74. The van der Waals surface area contributed by atoms with Gasteiger partial charge in [0.1, 0.15) is 24.3 Å². The van der Waals surface area contributed by atoms with Gasteiger partial charge in [0.25, 0.3) is 5.88 Å². The molecular weight excluding hydrogens is 721 g/mol. The normalized spacial score (nSPS) is 25.4. The number of fused-ring (bicyclic) bond motifs is 1. The van der Waals surface area contributed by atoms with Crippen molar-refractivity contribution in [3.63, 3.8) is 0 Å². The number of nitrogens with one attached hydrogen (secondary N) is 2. The molecule has 288 valence electrons. The van der Waals surface area contributed by atoms with Crippen LogP contribution in [0.1, 0.15) is 73.4 Å². The number of hydrogen-bond donors (Lipinski definition) is 4. The molecule has 15 heteroatoms. The summed E-state index contributed by atoms with van der Waals surface area (Å²) in [5, 5.41) is 37.7. The second-order valence-electron chi connectivity index (χ2n) is 16.6. The molecule has 4 aromatic heterocycles. The zero-order valence-corrected chi connectivity index (χ0v) is 32.0. The lowest BCUT2D eigenvalue weighted by molar-refractivity contribution is -0.148. The quantitative estimate of drug-likeness (QED) is 0.132. The number of nitrogens with zero attached hydrogens (tertiary/aromatic N) is 6. The Morgan fingerprint density at radius 3 is 2.67 bits per heavy atom. The molecular formula is C40H46N8O6S. The van der Waals surface area contributed by atoms with Gasteiger partial charge in [0, 0.05) is 78.1 Å². The summed E-state index contributed by atoms with van der Waals surface area (Å²) < 4.78 is 11.6. The van der Waals surface area contributed by atoms with Crippen LogP contribution in [0.2, 0.25) is 0 Å². The third kappa shape index (κ3) is 6.45. The highest BCUT2D eigenvalue weighted by atomic mass is 32.1. The molecule has 5 aliphatic rings. The Kier molecular flexibility index (Phi) is 8.93. The van der Waals surface area contributed by atoms with Crippen molar-refractivity contribution in [3.8, 4) is 22.9 Å². The Balaban J connectivity index is 0.760. The number of phenolic OH excluding ortho intramolecular Hbond substituents is 1. The van der Waals surface area contributed by atoms with Gasteiger partial charge in [-0.25, -0.2) is 4.98 Å². The van der Waals surface area contributed by atoms with E-state index in [1.54, 1.807) is 29.5 Å². The molecule has 0 unspecified atom stereocenters. The molecule has 5 aromatic rings. The molecule has 2 bridgehead atoms. The van der Waals surface area contributed by atoms with Crippen LogP contribution in [0.15, 0.2) is 52.5 Å². The van der Waals surface area contributed by atoms with E-state index in [-0.39, 0.29) is 47.3 Å². The maximum atomic E-state index is 14.1. The molecule has 0 spiro atoms. The van der Waals surface area contributed by atoms with Crippen molar-refractivity contribution >= 4 is 34.2 Å². The Morgan fingerprint density at radius 2 is 1.93 bits per heavy atom. The average Bonchev–Trinajstić information content (AvgIpc) is 3.92. The fraction of sp³-hybridized carbons (Fsp3) is 0.500. The van der Waals surface area contributed by atoms with Crippen LogP contribution in [0.3, 0.4) is 0 Å². The van der Waals surface area contributed by atoms with Gasteiger partial charge in [-0.2, -0.15) is 0 Å². The topological polar surface area (TPSA) is 183 Å². The van der Waals surface area contributed by atoms with E-state index in [9.17, 15) is 19.8 Å². The van der Waals surface area contributed by atoms with Gasteiger partial charge >= 0.3 is 0 Å². The number of aliphatic hydroxyl groups excluding tert-OH is 1. The Labute approximate surface area is 322 Å². The van der Waals surface area contributed by atoms with Crippen molar-refractivity contribution in [1.29, 1.82) is 0 Å². The lowest BCUT2D eigenvalue weighted by Crippen LogP contribution is -2.68. The van der Waals surface area contributed by atoms with E-state index in [2.05, 4.69) is 48.5 Å². The number of thiazole rings is 1. The third-order valence-electron chi connectivity index (χ3n) is 12.2. The van der Waals surface area contributed by atoms with E-state index in [1.807, 2.05) is 37.6 Å². The number of carbonyl (C=O) groups is 2. The van der Waals surface area contributed by atoms with Gasteiger partial charge in [0.15, 0.2) is 11.4 Å². The van der Waals surface area contributed by atoms with Crippen molar-refractivity contribution in [2.45, 2.75) is 75.9 Å². The summed E-state index contributed by atoms with van der Waals surface area (Å²) in [5.41, 5.74) is 6.44. The van der Waals surface area contributed by atoms with E-state index in [0.717, 1.165) is 49.1 Å². The highest BCUT2D eigenvalue weighted by molar-refractivity contribution is 7.10. The predicted molar refractivity (Wildman–Crippen MR) is 204 cm³/mol. The molecule has 55 heavy (non-hydrogen) atoms. The SMILES string of the molecule is Cc1ncsc1C12CC(CNC(=O)[C@@H]3C[C@@H](O)CN3C(=O)[C@@H](c3cc(OCCN4CC(c5cc6cc(-c7ccccc7O)nnc6[nH]5)C4)no3)C(C)C)(C1)C2. The number of aryl methyl sites for hydroxylation is 1. The molecule has 3 saturated carbocycles. The first-order valence-electron chi connectivity index (χ1n) is 19.1. The van der Waals surface area contributed by atoms with Gasteiger partial charge in [-0.3, -0.25) is 14.5 Å². The van der Waals surface area contributed by atoms with Gasteiger partial charge in [-0.1, -0.05) is 26.0 Å². The monoisotopic (exact) mass is 766 g/mol. The molecule has 2 saturated heterocycles. The Bertz CT molecular complexity index is 2220. The van der Waals surface area contributed by atoms with Crippen LogP contribution < -0.4 is 10.1 Å². The number of hydrogen-bond acceptors (Lipinski definition) is 12. The number of aromatic nitrogens is 5. The van der Waals surface area contributed by atoms with Crippen LogP contribution in [-0.4, -0.2) is 109 Å². The standard InChI is InChI=1S/C40H46N8O6S/c1-22(2)34(38(52)48-16-26(49)12-30(48)37(51)41-20-39-17-40(18-39,19-39)35-23(3)42-21-55-35)32-13-33(46-54-32)53-9-8-47-14-25(15-47)28-10-24-11-29(44-45-36(24)43-28)27-6-4-5-7-31(27)50/h4-7,10-11,13,21-22,25-26,30,34,49-50H,8-9,12,14-20H2,1-3H3,(H,41,51)(H,43,45)/t26-,30+,34-,39?,40?/m1/s1. The van der Waals surface area contributed by atoms with Crippen molar-refractivity contribution < 1.29 is 29.1 Å². The number of rotatable bonds is 13. The summed E-state index contributed by atoms with van der Waals surface area (Å²) in [6, 6.07) is 12.1. The molecule has 6 heterocycles. The van der Waals surface area contributed by atoms with Crippen molar-refractivity contribution in [3.05, 3.63) is 70.0 Å². The van der Waals surface area contributed by atoms with Gasteiger partial charge in [-0.15, -0.1) is 21.5 Å². The molecule has 4 N–H and O–H groups in total. The number of likely N-dealkylation sites (tertiary alicyclic amines) is 2. The van der Waals surface area contributed by atoms with Crippen LogP contribution in [0.5, 0.6) is 11.6 Å². The number of ether oxygens (including phenoxy) is 1. The number of aromatic hydroxyl groups is 1. The second kappa shape index (κ2) is 13.7. The first-order valence-corrected chi connectivity index (χ1v) is 20.0. The first kappa shape index (κ1) is 35.8. The third-order valence-corrected chi connectivity index (χ3v) is 13.4. The fourth-order valence-electron chi connectivity index (χ4n) is 9.56. The van der Waals surface area contributed by atoms with Crippen LogP contribution in [0.25, 0.3) is 22.3 Å². The molecule has 2 aliphatic heterocycles. The summed E-state index contributed by atoms with van der Waals surface area (Å²) in [6.45, 7) is 9.41. The van der Waals surface area contributed by atoms with E-state index in [1.165, 1.54) is 9.78 Å². The molecule has 14 nitrogen and oxygen atoms in total. The minimum atomic E-state index is -0.776. The van der Waals surface area contributed by atoms with Gasteiger partial charge in [-0.05, 0) is 66.9 Å². The van der Waals surface area contributed by atoms with Gasteiger partial charge in [0.05, 0.1) is 23.0 Å². The predicted octanol–water partition coefficient (Wildman–Crippen LogP) is 4.50. The number of H-pyrrole nitrogens is 1. The summed E-state index contributed by atoms with van der Waals surface area (Å²) in [4.78, 5) is 40.6. The number of aliphatic hydroxyl groups is 1. The van der Waals surface area contributed by atoms with Crippen LogP contribution in [0.4, 0.5) is 0 Å². The molecule has 3 atom stereocenters. The number of aromatic amines is 1. The molecule has 3 aliphatic carbocycles. The smallest absolute Gasteiger partial charge is 0.254 e. The molecule has 0 radical (unpaired) electrons. The molecule has 1 aromatic carbocycles. The summed E-state index contributed by atoms with van der Waals surface area (Å²) in [7, 11) is 0. The summed E-state index contributed by atoms with van der Waals surface area (Å²) >= 11 is 1.73. The van der Waals surface area contributed by atoms with Crippen molar-refractivity contribution in [2.75, 3.05) is 39.3 Å². The number of carbonyl (C=O) groups excluding carboxylic acids is 2. The molecule has 5 fully saturated rings. The van der Waals surface area contributed by atoms with Crippen LogP contribution in [0, 0.1) is 18.3 Å². The minimum absolute atomic E-state index is 0.0958. The zero-order chi connectivity index (χ0) is 38.1. The fourth-order valence-corrected chi connectivity index (χ4v) is 10.6. The van der Waals surface area contributed by atoms with E-state index in [0.29, 0.717) is 54.2 Å². The van der Waals surface area contributed by atoms with Gasteiger partial charge in [0.2, 0.25) is 11.8 Å². The van der Waals surface area contributed by atoms with E-state index >= 15 is 0 Å². The first-order chi connectivity index (χ1) is 26.5. The lowest BCUT2D eigenvalue weighted by Gasteiger charge is -2.70.